The summed E-state index contributed by atoms with van der Waals surface area (Å²) in [6.45, 7) is 2.16. The summed E-state index contributed by atoms with van der Waals surface area (Å²) in [5, 5.41) is 0. The van der Waals surface area contributed by atoms with Crippen molar-refractivity contribution in [1.29, 1.82) is 0 Å². The van der Waals surface area contributed by atoms with Crippen molar-refractivity contribution in [2.45, 2.75) is 38.3 Å². The number of carbonyl (C=O) groups excluding carboxylic acids is 1. The Bertz CT molecular complexity index is 550. The maximum absolute atomic E-state index is 12.3. The molecule has 3 rings (SSSR count). The second-order valence-corrected chi connectivity index (χ2v) is 6.88. The van der Waals surface area contributed by atoms with Crippen molar-refractivity contribution in [3.8, 4) is 0 Å². The number of nitrogens with zero attached hydrogens (tertiary/aromatic N) is 2. The largest absolute Gasteiger partial charge is 0.383 e. The lowest BCUT2D eigenvalue weighted by Gasteiger charge is -2.44. The zero-order valence-corrected chi connectivity index (χ0v) is 13.7. The molecule has 1 aromatic rings. The van der Waals surface area contributed by atoms with Gasteiger partial charge in [-0.25, -0.2) is 0 Å². The number of hydrogen-bond acceptors (Lipinski definition) is 3. The molecule has 0 spiro atoms. The molecular formula is C19H26N2O. The molecular weight excluding hydrogens is 272 g/mol. The van der Waals surface area contributed by atoms with Crippen LogP contribution in [0.3, 0.4) is 0 Å². The van der Waals surface area contributed by atoms with Crippen molar-refractivity contribution in [1.82, 2.24) is 9.80 Å². The van der Waals surface area contributed by atoms with E-state index < -0.39 is 0 Å². The standard InChI is InChI=1S/C19H26N2O/c1-20(2)14-17-11-18-16(12-19(17)22)9-6-10-21(18)13-15-7-4-3-5-8-15/h3-5,7-8,14,16,18H,6,9-13H2,1-2H3/b17-14+. The summed E-state index contributed by atoms with van der Waals surface area (Å²) < 4.78 is 0. The summed E-state index contributed by atoms with van der Waals surface area (Å²) in [6.07, 6.45) is 6.09. The van der Waals surface area contributed by atoms with Crippen molar-refractivity contribution in [3.05, 3.63) is 47.7 Å². The van der Waals surface area contributed by atoms with Gasteiger partial charge in [0.25, 0.3) is 0 Å². The Hall–Kier alpha value is -1.61. The Kier molecular flexibility index (Phi) is 4.63. The van der Waals surface area contributed by atoms with Crippen molar-refractivity contribution in [2.75, 3.05) is 20.6 Å². The highest BCUT2D eigenvalue weighted by molar-refractivity contribution is 5.96. The van der Waals surface area contributed by atoms with Gasteiger partial charge in [-0.15, -0.1) is 0 Å². The lowest BCUT2D eigenvalue weighted by atomic mass is 9.75. The number of fused-ring (bicyclic) bond motifs is 1. The van der Waals surface area contributed by atoms with Crippen LogP contribution in [0.2, 0.25) is 0 Å². The van der Waals surface area contributed by atoms with Gasteiger partial charge in [-0.3, -0.25) is 9.69 Å². The molecule has 3 nitrogen and oxygen atoms in total. The molecule has 0 N–H and O–H groups in total. The van der Waals surface area contributed by atoms with Gasteiger partial charge in [-0.2, -0.15) is 0 Å². The maximum Gasteiger partial charge on any atom is 0.160 e. The fraction of sp³-hybridized carbons (Fsp3) is 0.526. The van der Waals surface area contributed by atoms with Gasteiger partial charge in [-0.05, 0) is 37.3 Å². The van der Waals surface area contributed by atoms with E-state index in [1.54, 1.807) is 0 Å². The lowest BCUT2D eigenvalue weighted by molar-refractivity contribution is -0.119. The van der Waals surface area contributed by atoms with Gasteiger partial charge in [0.15, 0.2) is 5.78 Å². The predicted molar refractivity (Wildman–Crippen MR) is 89.4 cm³/mol. The van der Waals surface area contributed by atoms with Gasteiger partial charge >= 0.3 is 0 Å². The number of benzene rings is 1. The van der Waals surface area contributed by atoms with Gasteiger partial charge in [0.05, 0.1) is 0 Å². The van der Waals surface area contributed by atoms with E-state index in [1.165, 1.54) is 18.4 Å². The average molecular weight is 298 g/mol. The summed E-state index contributed by atoms with van der Waals surface area (Å²) in [5.41, 5.74) is 2.38. The summed E-state index contributed by atoms with van der Waals surface area (Å²) in [7, 11) is 3.99. The van der Waals surface area contributed by atoms with Crippen molar-refractivity contribution in [3.63, 3.8) is 0 Å². The molecule has 2 fully saturated rings. The maximum atomic E-state index is 12.3. The van der Waals surface area contributed by atoms with Gasteiger partial charge in [0, 0.05) is 44.9 Å². The molecule has 1 aliphatic carbocycles. The van der Waals surface area contributed by atoms with Crippen LogP contribution in [0.1, 0.15) is 31.2 Å². The number of rotatable bonds is 3. The third-order valence-electron chi connectivity index (χ3n) is 4.91. The number of likely N-dealkylation sites (tertiary alicyclic amines) is 1. The van der Waals surface area contributed by atoms with Crippen LogP contribution in [-0.2, 0) is 11.3 Å². The quantitative estimate of drug-likeness (QED) is 0.801. The normalized spacial score (nSPS) is 27.7. The molecule has 2 unspecified atom stereocenters. The van der Waals surface area contributed by atoms with Gasteiger partial charge < -0.3 is 4.90 Å². The second-order valence-electron chi connectivity index (χ2n) is 6.88. The van der Waals surface area contributed by atoms with Crippen molar-refractivity contribution < 1.29 is 4.79 Å². The number of hydrogen-bond donors (Lipinski definition) is 0. The Morgan fingerprint density at radius 3 is 2.73 bits per heavy atom. The zero-order chi connectivity index (χ0) is 15.5. The highest BCUT2D eigenvalue weighted by Gasteiger charge is 2.38. The fourth-order valence-electron chi connectivity index (χ4n) is 3.91. The van der Waals surface area contributed by atoms with Crippen LogP contribution >= 0.6 is 0 Å². The highest BCUT2D eigenvalue weighted by atomic mass is 16.1. The van der Waals surface area contributed by atoms with Gasteiger partial charge in [0.1, 0.15) is 0 Å². The molecule has 1 saturated carbocycles. The van der Waals surface area contributed by atoms with Crippen molar-refractivity contribution in [2.24, 2.45) is 5.92 Å². The first-order valence-electron chi connectivity index (χ1n) is 8.32. The molecule has 22 heavy (non-hydrogen) atoms. The van der Waals surface area contributed by atoms with E-state index in [2.05, 4.69) is 35.2 Å². The highest BCUT2D eigenvalue weighted by Crippen LogP contribution is 2.36. The monoisotopic (exact) mass is 298 g/mol. The van der Waals surface area contributed by atoms with E-state index in [9.17, 15) is 4.79 Å². The molecule has 1 heterocycles. The fourth-order valence-corrected chi connectivity index (χ4v) is 3.91. The Labute approximate surface area is 133 Å². The smallest absolute Gasteiger partial charge is 0.160 e. The first-order chi connectivity index (χ1) is 10.6. The Morgan fingerprint density at radius 2 is 2.00 bits per heavy atom. The lowest BCUT2D eigenvalue weighted by Crippen LogP contribution is -2.48. The first kappa shape index (κ1) is 15.3. The number of ketones is 1. The van der Waals surface area contributed by atoms with Gasteiger partial charge in [-0.1, -0.05) is 30.3 Å². The van der Waals surface area contributed by atoms with Crippen LogP contribution in [0.5, 0.6) is 0 Å². The minimum absolute atomic E-state index is 0.358. The minimum atomic E-state index is 0.358. The predicted octanol–water partition coefficient (Wildman–Crippen LogP) is 3.08. The summed E-state index contributed by atoms with van der Waals surface area (Å²) in [4.78, 5) is 16.9. The molecule has 2 aliphatic rings. The molecule has 3 heteroatoms. The number of carbonyl (C=O) groups is 1. The Balaban J connectivity index is 1.76. The third-order valence-corrected chi connectivity index (χ3v) is 4.91. The summed E-state index contributed by atoms with van der Waals surface area (Å²) >= 11 is 0. The summed E-state index contributed by atoms with van der Waals surface area (Å²) in [5.74, 6) is 0.904. The van der Waals surface area contributed by atoms with Crippen LogP contribution in [0.4, 0.5) is 0 Å². The van der Waals surface area contributed by atoms with E-state index in [0.717, 1.165) is 31.5 Å². The van der Waals surface area contributed by atoms with E-state index in [4.69, 9.17) is 0 Å². The first-order valence-corrected chi connectivity index (χ1v) is 8.32. The van der Waals surface area contributed by atoms with Crippen LogP contribution < -0.4 is 0 Å². The molecule has 0 aromatic heterocycles. The summed E-state index contributed by atoms with van der Waals surface area (Å²) in [6, 6.07) is 11.2. The third kappa shape index (κ3) is 3.41. The van der Waals surface area contributed by atoms with Crippen molar-refractivity contribution >= 4 is 5.78 Å². The van der Waals surface area contributed by atoms with Gasteiger partial charge in [0.2, 0.25) is 0 Å². The van der Waals surface area contributed by atoms with Crippen LogP contribution in [-0.4, -0.2) is 42.3 Å². The van der Waals surface area contributed by atoms with E-state index in [-0.39, 0.29) is 0 Å². The molecule has 118 valence electrons. The molecule has 2 atom stereocenters. The number of piperidine rings is 1. The van der Waals surface area contributed by atoms with E-state index >= 15 is 0 Å². The molecule has 1 aliphatic heterocycles. The zero-order valence-electron chi connectivity index (χ0n) is 13.7. The molecule has 1 saturated heterocycles. The molecule has 0 bridgehead atoms. The van der Waals surface area contributed by atoms with E-state index in [1.807, 2.05) is 25.2 Å². The SMILES string of the molecule is CN(C)/C=C1\CC2C(CCCN2Cc2ccccc2)CC1=O. The van der Waals surface area contributed by atoms with Crippen LogP contribution in [0.15, 0.2) is 42.1 Å². The molecule has 0 amide bonds. The Morgan fingerprint density at radius 1 is 1.23 bits per heavy atom. The second kappa shape index (κ2) is 6.66. The minimum Gasteiger partial charge on any atom is -0.383 e. The molecule has 0 radical (unpaired) electrons. The van der Waals surface area contributed by atoms with Crippen LogP contribution in [0.25, 0.3) is 0 Å². The number of Topliss-reactive ketones (excluding diaryl/α,β-unsaturated/α-hetero) is 1. The average Bonchev–Trinajstić information content (AvgIpc) is 2.49. The van der Waals surface area contributed by atoms with E-state index in [0.29, 0.717) is 17.7 Å². The molecule has 1 aromatic carbocycles. The topological polar surface area (TPSA) is 23.6 Å². The van der Waals surface area contributed by atoms with Crippen LogP contribution in [0, 0.1) is 5.92 Å².